The molecule has 2 unspecified atom stereocenters. The number of carbonyl (C=O) groups is 2. The van der Waals surface area contributed by atoms with Crippen LogP contribution in [0.3, 0.4) is 0 Å². The summed E-state index contributed by atoms with van der Waals surface area (Å²) in [5, 5.41) is 23.2. The minimum absolute atomic E-state index is 0.0126. The molecule has 0 rings (SSSR count). The van der Waals surface area contributed by atoms with Crippen molar-refractivity contribution in [3.05, 3.63) is 24.3 Å². The summed E-state index contributed by atoms with van der Waals surface area (Å²) in [5.41, 5.74) is 0. The Kier molecular flexibility index (Phi) is 59.5. The van der Waals surface area contributed by atoms with E-state index in [4.69, 9.17) is 4.74 Å². The first-order chi connectivity index (χ1) is 35.0. The molecule has 6 nitrogen and oxygen atoms in total. The Morgan fingerprint density at radius 2 is 0.662 bits per heavy atom. The fraction of sp³-hybridized carbons (Fsp3) is 0.908. The number of amides is 1. The topological polar surface area (TPSA) is 95.9 Å². The molecule has 2 atom stereocenters. The minimum atomic E-state index is -0.856. The fourth-order valence-electron chi connectivity index (χ4n) is 10.0. The third-order valence-corrected chi connectivity index (χ3v) is 15.0. The number of hydrogen-bond donors (Lipinski definition) is 3. The summed E-state index contributed by atoms with van der Waals surface area (Å²) < 4.78 is 5.48. The number of aliphatic hydroxyl groups is 2. The van der Waals surface area contributed by atoms with Gasteiger partial charge in [-0.05, 0) is 57.8 Å². The predicted molar refractivity (Wildman–Crippen MR) is 310 cm³/mol. The number of nitrogens with one attached hydrogen (secondary N) is 1. The van der Waals surface area contributed by atoms with Crippen LogP contribution in [-0.4, -0.2) is 47.4 Å². The lowest BCUT2D eigenvalue weighted by Gasteiger charge is -2.20. The van der Waals surface area contributed by atoms with Crippen LogP contribution < -0.4 is 5.32 Å². The molecule has 420 valence electrons. The van der Waals surface area contributed by atoms with E-state index in [0.717, 1.165) is 57.8 Å². The number of aliphatic hydroxyl groups excluding tert-OH is 2. The molecule has 1 amide bonds. The van der Waals surface area contributed by atoms with Crippen LogP contribution in [0.25, 0.3) is 0 Å². The third-order valence-electron chi connectivity index (χ3n) is 15.0. The Morgan fingerprint density at radius 3 is 1.00 bits per heavy atom. The van der Waals surface area contributed by atoms with Gasteiger partial charge in [-0.15, -0.1) is 0 Å². The Labute approximate surface area is 443 Å². The molecule has 71 heavy (non-hydrogen) atoms. The highest BCUT2D eigenvalue weighted by Gasteiger charge is 2.18. The average molecular weight is 1000 g/mol. The van der Waals surface area contributed by atoms with Gasteiger partial charge in [0.2, 0.25) is 5.91 Å². The molecular formula is C65H125NO5. The van der Waals surface area contributed by atoms with Crippen LogP contribution in [0.1, 0.15) is 354 Å². The monoisotopic (exact) mass is 1000 g/mol. The molecule has 0 radical (unpaired) electrons. The van der Waals surface area contributed by atoms with Crippen LogP contribution in [0.2, 0.25) is 0 Å². The molecule has 0 saturated heterocycles. The molecule has 0 aromatic heterocycles. The standard InChI is InChI=1S/C65H125NO5/c1-3-5-7-9-11-13-15-17-19-21-23-24-25-26-27-28-29-31-33-37-41-45-49-53-57-63(68)62(61-67)66-64(69)58-54-50-46-42-38-35-36-40-44-48-52-56-60-71-65(70)59-55-51-47-43-39-34-32-30-22-20-18-16-14-12-10-8-6-4-2/h20,22,53,57,62-63,67-68H,3-19,21,23-52,54-56,58-61H2,1-2H3,(H,66,69)/b22-20-,57-53+. The number of carbonyl (C=O) groups excluding carboxylic acids is 2. The summed E-state index contributed by atoms with van der Waals surface area (Å²) in [6.45, 7) is 4.90. The van der Waals surface area contributed by atoms with Crippen LogP contribution in [0.15, 0.2) is 24.3 Å². The number of esters is 1. The molecule has 0 aromatic rings. The van der Waals surface area contributed by atoms with Crippen molar-refractivity contribution in [3.63, 3.8) is 0 Å². The van der Waals surface area contributed by atoms with E-state index < -0.39 is 12.1 Å². The van der Waals surface area contributed by atoms with Crippen molar-refractivity contribution in [2.45, 2.75) is 366 Å². The van der Waals surface area contributed by atoms with Gasteiger partial charge in [-0.1, -0.05) is 308 Å². The number of hydrogen-bond acceptors (Lipinski definition) is 5. The maximum Gasteiger partial charge on any atom is 0.305 e. The van der Waals surface area contributed by atoms with E-state index in [0.29, 0.717) is 19.4 Å². The second kappa shape index (κ2) is 60.9. The molecule has 0 fully saturated rings. The number of rotatable bonds is 60. The normalized spacial score (nSPS) is 12.7. The van der Waals surface area contributed by atoms with E-state index >= 15 is 0 Å². The van der Waals surface area contributed by atoms with Crippen LogP contribution in [0.5, 0.6) is 0 Å². The zero-order valence-electron chi connectivity index (χ0n) is 48.0. The van der Waals surface area contributed by atoms with Gasteiger partial charge in [-0.25, -0.2) is 0 Å². The highest BCUT2D eigenvalue weighted by molar-refractivity contribution is 5.76. The molecule has 0 aliphatic heterocycles. The SMILES string of the molecule is CCCCCCCCC/C=C\CCCCCCCCCC(=O)OCCCCCCCCCCCCCCC(=O)NC(CO)C(O)/C=C/CCCCCCCCCCCCCCCCCCCCCCCC. The molecule has 0 saturated carbocycles. The van der Waals surface area contributed by atoms with Crippen molar-refractivity contribution < 1.29 is 24.5 Å². The van der Waals surface area contributed by atoms with E-state index in [2.05, 4.69) is 31.3 Å². The van der Waals surface area contributed by atoms with E-state index in [1.54, 1.807) is 6.08 Å². The Bertz CT molecular complexity index is 1110. The van der Waals surface area contributed by atoms with E-state index in [1.807, 2.05) is 6.08 Å². The molecule has 0 spiro atoms. The van der Waals surface area contributed by atoms with Gasteiger partial charge in [0, 0.05) is 12.8 Å². The Balaban J connectivity index is 3.47. The zero-order chi connectivity index (χ0) is 51.4. The molecule has 0 heterocycles. The highest BCUT2D eigenvalue weighted by atomic mass is 16.5. The van der Waals surface area contributed by atoms with Gasteiger partial charge in [0.05, 0.1) is 25.4 Å². The summed E-state index contributed by atoms with van der Waals surface area (Å²) in [5.74, 6) is -0.0925. The van der Waals surface area contributed by atoms with Crippen molar-refractivity contribution >= 4 is 11.9 Å². The van der Waals surface area contributed by atoms with E-state index in [-0.39, 0.29) is 18.5 Å². The summed E-state index contributed by atoms with van der Waals surface area (Å²) in [4.78, 5) is 24.6. The lowest BCUT2D eigenvalue weighted by Crippen LogP contribution is -2.45. The molecular weight excluding hydrogens is 875 g/mol. The second-order valence-electron chi connectivity index (χ2n) is 22.1. The van der Waals surface area contributed by atoms with E-state index in [9.17, 15) is 19.8 Å². The quantitative estimate of drug-likeness (QED) is 0.0320. The van der Waals surface area contributed by atoms with Crippen molar-refractivity contribution in [3.8, 4) is 0 Å². The highest BCUT2D eigenvalue weighted by Crippen LogP contribution is 2.18. The zero-order valence-corrected chi connectivity index (χ0v) is 48.0. The summed E-state index contributed by atoms with van der Waals surface area (Å²) in [6, 6.07) is -0.641. The van der Waals surface area contributed by atoms with Crippen LogP contribution >= 0.6 is 0 Å². The fourth-order valence-corrected chi connectivity index (χ4v) is 10.0. The first-order valence-electron chi connectivity index (χ1n) is 32.1. The summed E-state index contributed by atoms with van der Waals surface area (Å²) in [6.07, 6.45) is 75.0. The maximum atomic E-state index is 12.5. The number of unbranched alkanes of at least 4 members (excludes halogenated alkanes) is 47. The minimum Gasteiger partial charge on any atom is -0.466 e. The average Bonchev–Trinajstić information content (AvgIpc) is 3.37. The van der Waals surface area contributed by atoms with Gasteiger partial charge in [-0.2, -0.15) is 0 Å². The molecule has 6 heteroatoms. The first kappa shape index (κ1) is 69.3. The van der Waals surface area contributed by atoms with Gasteiger partial charge in [-0.3, -0.25) is 9.59 Å². The van der Waals surface area contributed by atoms with Gasteiger partial charge in [0.15, 0.2) is 0 Å². The molecule has 3 N–H and O–H groups in total. The van der Waals surface area contributed by atoms with Crippen molar-refractivity contribution in [2.24, 2.45) is 0 Å². The van der Waals surface area contributed by atoms with Gasteiger partial charge < -0.3 is 20.3 Å². The number of allylic oxidation sites excluding steroid dienone is 3. The smallest absolute Gasteiger partial charge is 0.305 e. The van der Waals surface area contributed by atoms with E-state index in [1.165, 1.54) is 270 Å². The summed E-state index contributed by atoms with van der Waals surface area (Å²) in [7, 11) is 0. The van der Waals surface area contributed by atoms with Crippen molar-refractivity contribution in [2.75, 3.05) is 13.2 Å². The number of ether oxygens (including phenoxy) is 1. The van der Waals surface area contributed by atoms with Crippen molar-refractivity contribution in [1.29, 1.82) is 0 Å². The van der Waals surface area contributed by atoms with Crippen LogP contribution in [0.4, 0.5) is 0 Å². The van der Waals surface area contributed by atoms with Gasteiger partial charge >= 0.3 is 5.97 Å². The molecule has 0 aromatic carbocycles. The Morgan fingerprint density at radius 1 is 0.380 bits per heavy atom. The lowest BCUT2D eigenvalue weighted by atomic mass is 10.0. The third kappa shape index (κ3) is 57.5. The predicted octanol–water partition coefficient (Wildman–Crippen LogP) is 20.2. The largest absolute Gasteiger partial charge is 0.466 e. The summed E-state index contributed by atoms with van der Waals surface area (Å²) >= 11 is 0. The first-order valence-corrected chi connectivity index (χ1v) is 32.1. The van der Waals surface area contributed by atoms with Crippen LogP contribution in [-0.2, 0) is 14.3 Å². The molecule has 0 bridgehead atoms. The second-order valence-corrected chi connectivity index (χ2v) is 22.1. The Hall–Kier alpha value is -1.66. The molecule has 0 aliphatic rings. The molecule has 0 aliphatic carbocycles. The van der Waals surface area contributed by atoms with Crippen LogP contribution in [0, 0.1) is 0 Å². The van der Waals surface area contributed by atoms with Gasteiger partial charge in [0.1, 0.15) is 0 Å². The maximum absolute atomic E-state index is 12.5. The van der Waals surface area contributed by atoms with Gasteiger partial charge in [0.25, 0.3) is 0 Å². The lowest BCUT2D eigenvalue weighted by molar-refractivity contribution is -0.143. The van der Waals surface area contributed by atoms with Crippen molar-refractivity contribution in [1.82, 2.24) is 5.32 Å².